The molecule has 0 aliphatic carbocycles. The first-order valence-corrected chi connectivity index (χ1v) is 14.9. The molecule has 3 aromatic carbocycles. The second kappa shape index (κ2) is 13.7. The van der Waals surface area contributed by atoms with Crippen LogP contribution in [0.5, 0.6) is 5.75 Å². The summed E-state index contributed by atoms with van der Waals surface area (Å²) in [5.41, 5.74) is 1.22. The third-order valence-electron chi connectivity index (χ3n) is 6.35. The fourth-order valence-corrected chi connectivity index (χ4v) is 5.56. The number of esters is 1. The molecule has 0 bridgehead atoms. The average Bonchev–Trinajstić information content (AvgIpc) is 3.30. The monoisotopic (exact) mass is 629 g/mol. The lowest BCUT2D eigenvalue weighted by molar-refractivity contribution is -0.131. The Kier molecular flexibility index (Phi) is 10.1. The second-order valence-electron chi connectivity index (χ2n) is 9.47. The van der Waals surface area contributed by atoms with E-state index in [2.05, 4.69) is 0 Å². The van der Waals surface area contributed by atoms with E-state index in [9.17, 15) is 27.9 Å². The number of carbonyl (C=O) groups excluding carboxylic acids is 2. The lowest BCUT2D eigenvalue weighted by Gasteiger charge is -2.25. The van der Waals surface area contributed by atoms with Gasteiger partial charge in [0.2, 0.25) is 9.84 Å². The van der Waals surface area contributed by atoms with E-state index >= 15 is 0 Å². The molecule has 4 rings (SSSR count). The molecule has 4 aromatic rings. The van der Waals surface area contributed by atoms with Gasteiger partial charge >= 0.3 is 17.9 Å². The van der Waals surface area contributed by atoms with Crippen molar-refractivity contribution in [1.29, 1.82) is 0 Å². The fourth-order valence-electron chi connectivity index (χ4n) is 4.10. The maximum absolute atomic E-state index is 13.1. The molecule has 43 heavy (non-hydrogen) atoms. The van der Waals surface area contributed by atoms with Gasteiger partial charge in [0, 0.05) is 18.5 Å². The summed E-state index contributed by atoms with van der Waals surface area (Å²) in [5, 5.41) is 11.2. The molecule has 0 spiro atoms. The lowest BCUT2D eigenvalue weighted by Crippen LogP contribution is -2.36. The molecule has 0 fully saturated rings. The number of halogens is 1. The summed E-state index contributed by atoms with van der Waals surface area (Å²) in [6.45, 7) is 2.36. The number of hydrogen-bond acceptors (Lipinski definition) is 10. The van der Waals surface area contributed by atoms with Gasteiger partial charge in [-0.05, 0) is 73.0 Å². The zero-order valence-electron chi connectivity index (χ0n) is 23.2. The van der Waals surface area contributed by atoms with Crippen molar-refractivity contribution < 1.29 is 41.4 Å². The number of sulfone groups is 1. The smallest absolute Gasteiger partial charge is 0.441 e. The van der Waals surface area contributed by atoms with Crippen molar-refractivity contribution in [1.82, 2.24) is 4.90 Å². The van der Waals surface area contributed by atoms with Crippen LogP contribution in [0, 0.1) is 6.92 Å². The molecule has 0 saturated heterocycles. The number of benzene rings is 3. The minimum atomic E-state index is -3.84. The molecule has 1 atom stereocenters. The topological polar surface area (TPSA) is 154 Å². The van der Waals surface area contributed by atoms with Gasteiger partial charge in [-0.2, -0.15) is 0 Å². The number of aliphatic hydroxyl groups is 1. The summed E-state index contributed by atoms with van der Waals surface area (Å²) in [7, 11) is -3.84. The van der Waals surface area contributed by atoms with E-state index in [-0.39, 0.29) is 46.8 Å². The van der Waals surface area contributed by atoms with Crippen molar-refractivity contribution in [3.63, 3.8) is 0 Å². The van der Waals surface area contributed by atoms with Gasteiger partial charge < -0.3 is 28.3 Å². The number of carbonyl (C=O) groups is 2. The van der Waals surface area contributed by atoms with Crippen LogP contribution in [0.15, 0.2) is 96.2 Å². The zero-order chi connectivity index (χ0) is 31.1. The Morgan fingerprint density at radius 3 is 2.23 bits per heavy atom. The van der Waals surface area contributed by atoms with Gasteiger partial charge in [0.15, 0.2) is 18.1 Å². The van der Waals surface area contributed by atoms with Crippen LogP contribution in [0.4, 0.5) is 4.79 Å². The van der Waals surface area contributed by atoms with Crippen LogP contribution < -0.4 is 10.6 Å². The largest absolute Gasteiger partial charge is 0.519 e. The molecule has 0 aliphatic rings. The first-order chi connectivity index (χ1) is 20.4. The van der Waals surface area contributed by atoms with Gasteiger partial charge in [-0.3, -0.25) is 4.79 Å². The normalized spacial score (nSPS) is 12.0. The van der Waals surface area contributed by atoms with E-state index in [1.54, 1.807) is 36.4 Å². The molecule has 226 valence electrons. The molecule has 13 heteroatoms. The summed E-state index contributed by atoms with van der Waals surface area (Å²) in [6.07, 6.45) is -1.56. The Morgan fingerprint density at radius 2 is 1.65 bits per heavy atom. The molecular formula is C30H28ClNO10S. The lowest BCUT2D eigenvalue weighted by atomic mass is 10.1. The van der Waals surface area contributed by atoms with E-state index < -0.39 is 33.8 Å². The summed E-state index contributed by atoms with van der Waals surface area (Å²) in [4.78, 5) is 36.8. The molecule has 0 saturated carbocycles. The SMILES string of the molecule is CC(=O)Oc1ccc(S(=O)(=O)c2ccc(CCN(CC(O)c3cccc(Cl)c3)C(=O)OCc3oc(=O)oc3C)cc2)cc1. The van der Waals surface area contributed by atoms with E-state index in [1.807, 2.05) is 0 Å². The van der Waals surface area contributed by atoms with E-state index in [0.29, 0.717) is 17.0 Å². The van der Waals surface area contributed by atoms with Crippen molar-refractivity contribution >= 4 is 33.5 Å². The van der Waals surface area contributed by atoms with Gasteiger partial charge in [0.1, 0.15) is 5.75 Å². The van der Waals surface area contributed by atoms with E-state index in [4.69, 9.17) is 29.9 Å². The Balaban J connectivity index is 1.46. The Bertz CT molecular complexity index is 1740. The quantitative estimate of drug-likeness (QED) is 0.180. The molecule has 1 amide bonds. The maximum atomic E-state index is 13.1. The summed E-state index contributed by atoms with van der Waals surface area (Å²) >= 11 is 6.05. The first kappa shape index (κ1) is 31.5. The van der Waals surface area contributed by atoms with Crippen LogP contribution in [-0.2, 0) is 32.4 Å². The second-order valence-corrected chi connectivity index (χ2v) is 11.9. The highest BCUT2D eigenvalue weighted by Gasteiger charge is 2.23. The van der Waals surface area contributed by atoms with Crippen LogP contribution in [-0.4, -0.2) is 43.6 Å². The Labute approximate surface area is 252 Å². The molecule has 1 N–H and O–H groups in total. The Hall–Kier alpha value is -4.39. The zero-order valence-corrected chi connectivity index (χ0v) is 24.8. The molecular weight excluding hydrogens is 602 g/mol. The van der Waals surface area contributed by atoms with Gasteiger partial charge in [0.05, 0.1) is 22.4 Å². The van der Waals surface area contributed by atoms with Crippen molar-refractivity contribution in [3.8, 4) is 5.75 Å². The molecule has 1 aromatic heterocycles. The summed E-state index contributed by atoms with van der Waals surface area (Å²) in [6, 6.07) is 18.3. The van der Waals surface area contributed by atoms with Crippen molar-refractivity contribution in [2.24, 2.45) is 0 Å². The van der Waals surface area contributed by atoms with Crippen LogP contribution in [0.1, 0.15) is 35.7 Å². The highest BCUT2D eigenvalue weighted by atomic mass is 35.5. The first-order valence-electron chi connectivity index (χ1n) is 13.0. The number of nitrogens with zero attached hydrogens (tertiary/aromatic N) is 1. The third kappa shape index (κ3) is 8.34. The number of ether oxygens (including phenoxy) is 2. The van der Waals surface area contributed by atoms with Crippen LogP contribution >= 0.6 is 11.6 Å². The molecule has 0 radical (unpaired) electrons. The number of rotatable bonds is 11. The van der Waals surface area contributed by atoms with Crippen molar-refractivity contribution in [2.45, 2.75) is 42.8 Å². The average molecular weight is 630 g/mol. The van der Waals surface area contributed by atoms with Gasteiger partial charge in [-0.1, -0.05) is 35.9 Å². The highest BCUT2D eigenvalue weighted by molar-refractivity contribution is 7.91. The summed E-state index contributed by atoms with van der Waals surface area (Å²) in [5.74, 6) is -0.959. The number of amides is 1. The molecule has 0 aliphatic heterocycles. The predicted molar refractivity (Wildman–Crippen MR) is 153 cm³/mol. The highest BCUT2D eigenvalue weighted by Crippen LogP contribution is 2.24. The standard InChI is InChI=1S/C30H28ClNO10S/c1-19-28(42-30(36)40-19)18-39-29(35)32(17-27(34)22-4-3-5-23(31)16-22)15-14-21-6-10-25(11-7-21)43(37,38)26-12-8-24(9-13-26)41-20(2)33/h3-13,16,27,34H,14-15,17-18H2,1-2H3. The van der Waals surface area contributed by atoms with Gasteiger partial charge in [0.25, 0.3) is 0 Å². The van der Waals surface area contributed by atoms with Crippen LogP contribution in [0.25, 0.3) is 0 Å². The molecule has 1 heterocycles. The number of hydrogen-bond donors (Lipinski definition) is 1. The predicted octanol–water partition coefficient (Wildman–Crippen LogP) is 4.87. The number of aryl methyl sites for hydroxylation is 1. The minimum Gasteiger partial charge on any atom is -0.441 e. The third-order valence-corrected chi connectivity index (χ3v) is 8.37. The molecule has 11 nitrogen and oxygen atoms in total. The van der Waals surface area contributed by atoms with E-state index in [0.717, 1.165) is 5.56 Å². The van der Waals surface area contributed by atoms with Crippen LogP contribution in [0.2, 0.25) is 5.02 Å². The fraction of sp³-hybridized carbons (Fsp3) is 0.233. The Morgan fingerprint density at radius 1 is 1.00 bits per heavy atom. The minimum absolute atomic E-state index is 0.0313. The summed E-state index contributed by atoms with van der Waals surface area (Å²) < 4.78 is 46.1. The van der Waals surface area contributed by atoms with Crippen molar-refractivity contribution in [2.75, 3.05) is 13.1 Å². The molecule has 1 unspecified atom stereocenters. The number of aliphatic hydroxyl groups excluding tert-OH is 1. The van der Waals surface area contributed by atoms with E-state index in [1.165, 1.54) is 55.1 Å². The van der Waals surface area contributed by atoms with Gasteiger partial charge in [-0.25, -0.2) is 18.0 Å². The van der Waals surface area contributed by atoms with Crippen molar-refractivity contribution in [3.05, 3.63) is 111 Å². The van der Waals surface area contributed by atoms with Crippen LogP contribution in [0.3, 0.4) is 0 Å². The van der Waals surface area contributed by atoms with Gasteiger partial charge in [-0.15, -0.1) is 0 Å². The maximum Gasteiger partial charge on any atom is 0.519 e.